The highest BCUT2D eigenvalue weighted by Gasteiger charge is 2.35. The van der Waals surface area contributed by atoms with Crippen molar-refractivity contribution in [3.8, 4) is 12.3 Å². The van der Waals surface area contributed by atoms with E-state index in [9.17, 15) is 0 Å². The van der Waals surface area contributed by atoms with E-state index in [0.717, 1.165) is 25.3 Å². The van der Waals surface area contributed by atoms with Gasteiger partial charge < -0.3 is 10.1 Å². The predicted molar refractivity (Wildman–Crippen MR) is 59.1 cm³/mol. The van der Waals surface area contributed by atoms with E-state index >= 15 is 0 Å². The third kappa shape index (κ3) is 3.32. The number of methoxy groups -OCH3 is 1. The van der Waals surface area contributed by atoms with Crippen LogP contribution in [0.5, 0.6) is 0 Å². The Morgan fingerprint density at radius 2 is 2.29 bits per heavy atom. The highest BCUT2D eigenvalue weighted by Crippen LogP contribution is 2.36. The van der Waals surface area contributed by atoms with Crippen molar-refractivity contribution in [3.05, 3.63) is 0 Å². The number of likely N-dealkylation sites (N-methyl/N-ethyl adjacent to an activating group) is 1. The second-order valence-corrected chi connectivity index (χ2v) is 3.94. The molecule has 2 nitrogen and oxygen atoms in total. The highest BCUT2D eigenvalue weighted by molar-refractivity contribution is 4.93. The third-order valence-electron chi connectivity index (χ3n) is 2.82. The molecule has 1 fully saturated rings. The smallest absolute Gasteiger partial charge is 0.0752 e. The number of terminal acetylenes is 1. The highest BCUT2D eigenvalue weighted by atomic mass is 16.5. The molecule has 0 saturated heterocycles. The molecule has 0 aliphatic heterocycles. The summed E-state index contributed by atoms with van der Waals surface area (Å²) in [5.74, 6) is 3.46. The van der Waals surface area contributed by atoms with Crippen LogP contribution in [-0.2, 0) is 4.74 Å². The molecule has 1 rings (SSSR count). The Bertz CT molecular complexity index is 193. The molecule has 0 aromatic carbocycles. The van der Waals surface area contributed by atoms with E-state index in [2.05, 4.69) is 18.2 Å². The first-order valence-corrected chi connectivity index (χ1v) is 5.53. The molecule has 0 aromatic heterocycles. The van der Waals surface area contributed by atoms with Crippen molar-refractivity contribution in [2.45, 2.75) is 44.8 Å². The molecule has 80 valence electrons. The van der Waals surface area contributed by atoms with Crippen LogP contribution in [0.4, 0.5) is 0 Å². The van der Waals surface area contributed by atoms with Gasteiger partial charge in [-0.15, -0.1) is 12.3 Å². The molecule has 1 saturated carbocycles. The van der Waals surface area contributed by atoms with Crippen molar-refractivity contribution in [1.29, 1.82) is 0 Å². The van der Waals surface area contributed by atoms with E-state index in [-0.39, 0.29) is 0 Å². The minimum atomic E-state index is 0.364. The lowest BCUT2D eigenvalue weighted by molar-refractivity contribution is 0.0493. The van der Waals surface area contributed by atoms with Crippen molar-refractivity contribution in [2.75, 3.05) is 13.7 Å². The summed E-state index contributed by atoms with van der Waals surface area (Å²) < 4.78 is 5.55. The fourth-order valence-corrected chi connectivity index (χ4v) is 1.99. The van der Waals surface area contributed by atoms with Crippen LogP contribution < -0.4 is 5.32 Å². The minimum Gasteiger partial charge on any atom is -0.380 e. The molecular formula is C12H21NO. The quantitative estimate of drug-likeness (QED) is 0.625. The van der Waals surface area contributed by atoms with Crippen LogP contribution in [0.3, 0.4) is 0 Å². The summed E-state index contributed by atoms with van der Waals surface area (Å²) >= 11 is 0. The van der Waals surface area contributed by atoms with Crippen LogP contribution in [0, 0.1) is 18.3 Å². The van der Waals surface area contributed by atoms with Gasteiger partial charge in [-0.3, -0.25) is 0 Å². The van der Waals surface area contributed by atoms with Gasteiger partial charge in [0.15, 0.2) is 0 Å². The van der Waals surface area contributed by atoms with E-state index in [1.165, 1.54) is 12.8 Å². The Morgan fingerprint density at radius 3 is 2.71 bits per heavy atom. The van der Waals surface area contributed by atoms with Gasteiger partial charge in [0, 0.05) is 19.6 Å². The molecule has 1 aliphatic carbocycles. The van der Waals surface area contributed by atoms with Gasteiger partial charge in [0.05, 0.1) is 6.10 Å². The molecule has 2 unspecified atom stereocenters. The van der Waals surface area contributed by atoms with Crippen LogP contribution in [0.1, 0.15) is 32.6 Å². The normalized spacial score (nSPS) is 20.1. The van der Waals surface area contributed by atoms with Crippen molar-refractivity contribution in [1.82, 2.24) is 5.32 Å². The topological polar surface area (TPSA) is 21.3 Å². The van der Waals surface area contributed by atoms with Crippen LogP contribution in [0.2, 0.25) is 0 Å². The fourth-order valence-electron chi connectivity index (χ4n) is 1.99. The Balaban J connectivity index is 2.41. The van der Waals surface area contributed by atoms with Gasteiger partial charge in [0.1, 0.15) is 0 Å². The maximum atomic E-state index is 5.55. The number of rotatable bonds is 7. The summed E-state index contributed by atoms with van der Waals surface area (Å²) in [6.45, 7) is 3.12. The summed E-state index contributed by atoms with van der Waals surface area (Å²) in [5.41, 5.74) is 0. The molecule has 0 bridgehead atoms. The van der Waals surface area contributed by atoms with E-state index in [1.807, 2.05) is 7.11 Å². The summed E-state index contributed by atoms with van der Waals surface area (Å²) in [6, 6.07) is 0.438. The van der Waals surface area contributed by atoms with Crippen molar-refractivity contribution in [2.24, 2.45) is 5.92 Å². The maximum absolute atomic E-state index is 5.55. The molecule has 0 heterocycles. The van der Waals surface area contributed by atoms with E-state index < -0.39 is 0 Å². The number of ether oxygens (including phenoxy) is 1. The molecule has 14 heavy (non-hydrogen) atoms. The van der Waals surface area contributed by atoms with Crippen LogP contribution in [0.15, 0.2) is 0 Å². The molecule has 1 aliphatic rings. The number of hydrogen-bond donors (Lipinski definition) is 1. The number of nitrogens with one attached hydrogen (secondary N) is 1. The molecule has 2 heteroatoms. The minimum absolute atomic E-state index is 0.364. The van der Waals surface area contributed by atoms with Gasteiger partial charge in [-0.2, -0.15) is 0 Å². The zero-order chi connectivity index (χ0) is 10.4. The van der Waals surface area contributed by atoms with Gasteiger partial charge in [0.25, 0.3) is 0 Å². The predicted octanol–water partition coefficient (Wildman–Crippen LogP) is 1.80. The van der Waals surface area contributed by atoms with Gasteiger partial charge in [-0.1, -0.05) is 6.92 Å². The van der Waals surface area contributed by atoms with Crippen molar-refractivity contribution in [3.63, 3.8) is 0 Å². The zero-order valence-electron chi connectivity index (χ0n) is 9.25. The van der Waals surface area contributed by atoms with E-state index in [1.54, 1.807) is 0 Å². The lowest BCUT2D eigenvalue weighted by atomic mass is 10.0. The fraction of sp³-hybridized carbons (Fsp3) is 0.833. The Kier molecular flexibility index (Phi) is 5.00. The summed E-state index contributed by atoms with van der Waals surface area (Å²) in [4.78, 5) is 0. The standard InChI is InChI=1S/C12H21NO/c1-4-6-7-11(13-5-2)12(14-3)10-8-9-10/h1,10-13H,5-9H2,2-3H3. The maximum Gasteiger partial charge on any atom is 0.0752 e. The summed E-state index contributed by atoms with van der Waals surface area (Å²) in [5, 5.41) is 3.47. The van der Waals surface area contributed by atoms with Crippen molar-refractivity contribution < 1.29 is 4.74 Å². The first-order valence-electron chi connectivity index (χ1n) is 5.53. The average molecular weight is 195 g/mol. The largest absolute Gasteiger partial charge is 0.380 e. The zero-order valence-corrected chi connectivity index (χ0v) is 9.25. The lowest BCUT2D eigenvalue weighted by Crippen LogP contribution is -2.42. The molecular weight excluding hydrogens is 174 g/mol. The van der Waals surface area contributed by atoms with Crippen LogP contribution in [0.25, 0.3) is 0 Å². The summed E-state index contributed by atoms with van der Waals surface area (Å²) in [6.07, 6.45) is 10.1. The molecule has 1 N–H and O–H groups in total. The molecule has 0 spiro atoms. The monoisotopic (exact) mass is 195 g/mol. The Morgan fingerprint density at radius 1 is 1.57 bits per heavy atom. The third-order valence-corrected chi connectivity index (χ3v) is 2.82. The SMILES string of the molecule is C#CCCC(NCC)C(OC)C1CC1. The van der Waals surface area contributed by atoms with Crippen molar-refractivity contribution >= 4 is 0 Å². The second kappa shape index (κ2) is 6.06. The van der Waals surface area contributed by atoms with E-state index in [0.29, 0.717) is 12.1 Å². The molecule has 0 amide bonds. The lowest BCUT2D eigenvalue weighted by Gasteiger charge is -2.26. The van der Waals surface area contributed by atoms with Gasteiger partial charge >= 0.3 is 0 Å². The van der Waals surface area contributed by atoms with Gasteiger partial charge in [0.2, 0.25) is 0 Å². The molecule has 0 aromatic rings. The first-order chi connectivity index (χ1) is 6.83. The first kappa shape index (κ1) is 11.6. The van der Waals surface area contributed by atoms with Gasteiger partial charge in [-0.25, -0.2) is 0 Å². The van der Waals surface area contributed by atoms with Crippen LogP contribution >= 0.6 is 0 Å². The Labute approximate surface area is 87.4 Å². The Hall–Kier alpha value is -0.520. The van der Waals surface area contributed by atoms with Crippen LogP contribution in [-0.4, -0.2) is 25.8 Å². The van der Waals surface area contributed by atoms with Gasteiger partial charge in [-0.05, 0) is 31.7 Å². The molecule has 2 atom stereocenters. The summed E-state index contributed by atoms with van der Waals surface area (Å²) in [7, 11) is 1.81. The second-order valence-electron chi connectivity index (χ2n) is 3.94. The number of hydrogen-bond acceptors (Lipinski definition) is 2. The van der Waals surface area contributed by atoms with E-state index in [4.69, 9.17) is 11.2 Å². The average Bonchev–Trinajstić information content (AvgIpc) is 2.99. The molecule has 0 radical (unpaired) electrons.